The van der Waals surface area contributed by atoms with Crippen LogP contribution in [0.2, 0.25) is 0 Å². The third kappa shape index (κ3) is 1.96. The molecule has 1 saturated carbocycles. The number of H-pyrrole nitrogens is 1. The van der Waals surface area contributed by atoms with Gasteiger partial charge >= 0.3 is 0 Å². The zero-order chi connectivity index (χ0) is 10.3. The van der Waals surface area contributed by atoms with Gasteiger partial charge in [0.1, 0.15) is 10.5 Å². The van der Waals surface area contributed by atoms with Crippen molar-refractivity contribution in [3.8, 4) is 0 Å². The van der Waals surface area contributed by atoms with Crippen molar-refractivity contribution in [2.45, 2.75) is 32.3 Å². The van der Waals surface area contributed by atoms with Crippen LogP contribution in [-0.2, 0) is 24.2 Å². The molecule has 1 aliphatic carbocycles. The minimum atomic E-state index is 0.626. The lowest BCUT2D eigenvalue weighted by molar-refractivity contribution is 0.108. The molecular formula is C11H14N2OS. The normalized spacial score (nSPS) is 20.0. The van der Waals surface area contributed by atoms with Crippen LogP contribution in [0.3, 0.4) is 0 Å². The van der Waals surface area contributed by atoms with Gasteiger partial charge in [-0.1, -0.05) is 12.2 Å². The highest BCUT2D eigenvalue weighted by molar-refractivity contribution is 7.71. The van der Waals surface area contributed by atoms with Crippen LogP contribution in [0, 0.1) is 10.6 Å². The number of aromatic amines is 1. The van der Waals surface area contributed by atoms with Gasteiger partial charge < -0.3 is 9.72 Å². The number of aromatic nitrogens is 2. The fourth-order valence-electron chi connectivity index (χ4n) is 2.00. The lowest BCUT2D eigenvalue weighted by Gasteiger charge is -2.17. The number of hydrogen-bond donors (Lipinski definition) is 1. The Hall–Kier alpha value is -0.740. The van der Waals surface area contributed by atoms with Gasteiger partial charge in [-0.05, 0) is 18.8 Å². The van der Waals surface area contributed by atoms with Gasteiger partial charge in [-0.25, -0.2) is 4.98 Å². The summed E-state index contributed by atoms with van der Waals surface area (Å²) in [5.74, 6) is 1.92. The molecule has 0 unspecified atom stereocenters. The Morgan fingerprint density at radius 2 is 2.33 bits per heavy atom. The summed E-state index contributed by atoms with van der Waals surface area (Å²) in [6.07, 6.45) is 4.71. The van der Waals surface area contributed by atoms with Crippen LogP contribution in [0.15, 0.2) is 0 Å². The summed E-state index contributed by atoms with van der Waals surface area (Å²) in [6, 6.07) is 0. The van der Waals surface area contributed by atoms with Gasteiger partial charge in [0, 0.05) is 24.1 Å². The van der Waals surface area contributed by atoms with E-state index in [1.54, 1.807) is 0 Å². The summed E-state index contributed by atoms with van der Waals surface area (Å²) in [5, 5.41) is 0. The van der Waals surface area contributed by atoms with Crippen molar-refractivity contribution in [2.75, 3.05) is 6.61 Å². The highest BCUT2D eigenvalue weighted by Gasteiger charge is 2.23. The Kier molecular flexibility index (Phi) is 2.33. The predicted molar refractivity (Wildman–Crippen MR) is 59.2 cm³/mol. The lowest BCUT2D eigenvalue weighted by atomic mass is 10.1. The smallest absolute Gasteiger partial charge is 0.135 e. The molecule has 80 valence electrons. The molecule has 0 amide bonds. The van der Waals surface area contributed by atoms with Crippen LogP contribution in [0.1, 0.15) is 29.9 Å². The van der Waals surface area contributed by atoms with Gasteiger partial charge in [-0.2, -0.15) is 0 Å². The Morgan fingerprint density at radius 1 is 1.47 bits per heavy atom. The van der Waals surface area contributed by atoms with E-state index in [2.05, 4.69) is 9.97 Å². The number of fused-ring (bicyclic) bond motifs is 1. The molecule has 1 aliphatic heterocycles. The summed E-state index contributed by atoms with van der Waals surface area (Å²) in [5.41, 5.74) is 2.34. The average molecular weight is 222 g/mol. The minimum Gasteiger partial charge on any atom is -0.376 e. The molecule has 0 saturated heterocycles. The Bertz CT molecular complexity index is 437. The van der Waals surface area contributed by atoms with Crippen LogP contribution in [0.5, 0.6) is 0 Å². The van der Waals surface area contributed by atoms with Crippen molar-refractivity contribution in [1.82, 2.24) is 9.97 Å². The maximum atomic E-state index is 5.38. The summed E-state index contributed by atoms with van der Waals surface area (Å²) in [6.45, 7) is 1.42. The Balaban J connectivity index is 1.96. The molecule has 0 bridgehead atoms. The van der Waals surface area contributed by atoms with E-state index in [1.807, 2.05) is 0 Å². The number of ether oxygens (including phenoxy) is 1. The van der Waals surface area contributed by atoms with Gasteiger partial charge in [0.25, 0.3) is 0 Å². The molecule has 1 aromatic heterocycles. The van der Waals surface area contributed by atoms with Gasteiger partial charge in [-0.15, -0.1) is 0 Å². The number of hydrogen-bond acceptors (Lipinski definition) is 3. The third-order valence-corrected chi connectivity index (χ3v) is 3.41. The first-order valence-corrected chi connectivity index (χ1v) is 5.92. The number of nitrogens with zero attached hydrogens (tertiary/aromatic N) is 1. The van der Waals surface area contributed by atoms with Gasteiger partial charge in [0.05, 0.1) is 13.2 Å². The molecule has 1 N–H and O–H groups in total. The minimum absolute atomic E-state index is 0.626. The summed E-state index contributed by atoms with van der Waals surface area (Å²) in [7, 11) is 0. The largest absolute Gasteiger partial charge is 0.376 e. The number of nitrogens with one attached hydrogen (secondary N) is 1. The molecule has 2 aliphatic rings. The van der Waals surface area contributed by atoms with Crippen LogP contribution in [0.25, 0.3) is 0 Å². The monoisotopic (exact) mass is 222 g/mol. The van der Waals surface area contributed by atoms with Crippen molar-refractivity contribution >= 4 is 12.2 Å². The zero-order valence-electron chi connectivity index (χ0n) is 8.58. The standard InChI is InChI=1S/C11H14N2OS/c15-11-8-6-14-4-3-9(8)12-10(13-11)5-7-1-2-7/h7H,1-6H2,(H,12,13,15). The van der Waals surface area contributed by atoms with Crippen molar-refractivity contribution in [2.24, 2.45) is 5.92 Å². The van der Waals surface area contributed by atoms with Crippen LogP contribution in [-0.4, -0.2) is 16.6 Å². The molecule has 15 heavy (non-hydrogen) atoms. The van der Waals surface area contributed by atoms with Crippen molar-refractivity contribution in [3.05, 3.63) is 21.7 Å². The fraction of sp³-hybridized carbons (Fsp3) is 0.636. The molecule has 4 heteroatoms. The van der Waals surface area contributed by atoms with Crippen molar-refractivity contribution in [1.29, 1.82) is 0 Å². The molecule has 0 spiro atoms. The van der Waals surface area contributed by atoms with Crippen LogP contribution in [0.4, 0.5) is 0 Å². The first-order chi connectivity index (χ1) is 7.33. The fourth-order valence-corrected chi connectivity index (χ4v) is 2.29. The second kappa shape index (κ2) is 3.68. The van der Waals surface area contributed by atoms with E-state index in [9.17, 15) is 0 Å². The van der Waals surface area contributed by atoms with Crippen LogP contribution >= 0.6 is 12.2 Å². The van der Waals surface area contributed by atoms with Crippen molar-refractivity contribution < 1.29 is 4.74 Å². The summed E-state index contributed by atoms with van der Waals surface area (Å²) < 4.78 is 6.12. The second-order valence-corrected chi connectivity index (χ2v) is 4.78. The second-order valence-electron chi connectivity index (χ2n) is 4.40. The van der Waals surface area contributed by atoms with Crippen molar-refractivity contribution in [3.63, 3.8) is 0 Å². The third-order valence-electron chi connectivity index (χ3n) is 3.08. The van der Waals surface area contributed by atoms with E-state index in [0.29, 0.717) is 6.61 Å². The Morgan fingerprint density at radius 3 is 3.13 bits per heavy atom. The SMILES string of the molecule is S=c1nc(CC2CC2)[nH]c2c1COCC2. The molecule has 2 heterocycles. The lowest BCUT2D eigenvalue weighted by Crippen LogP contribution is -2.15. The highest BCUT2D eigenvalue weighted by atomic mass is 32.1. The Labute approximate surface area is 93.9 Å². The van der Waals surface area contributed by atoms with Gasteiger partial charge in [0.15, 0.2) is 0 Å². The van der Waals surface area contributed by atoms with E-state index in [1.165, 1.54) is 18.5 Å². The average Bonchev–Trinajstić information content (AvgIpc) is 3.02. The number of rotatable bonds is 2. The van der Waals surface area contributed by atoms with E-state index in [-0.39, 0.29) is 0 Å². The van der Waals surface area contributed by atoms with Gasteiger partial charge in [-0.3, -0.25) is 0 Å². The van der Waals surface area contributed by atoms with Gasteiger partial charge in [0.2, 0.25) is 0 Å². The molecule has 0 aromatic carbocycles. The first kappa shape index (κ1) is 9.48. The first-order valence-electron chi connectivity index (χ1n) is 5.51. The molecule has 0 radical (unpaired) electrons. The van der Waals surface area contributed by atoms with E-state index in [4.69, 9.17) is 17.0 Å². The topological polar surface area (TPSA) is 37.9 Å². The van der Waals surface area contributed by atoms with Crippen LogP contribution < -0.4 is 0 Å². The van der Waals surface area contributed by atoms with E-state index < -0.39 is 0 Å². The molecule has 1 fully saturated rings. The zero-order valence-corrected chi connectivity index (χ0v) is 9.40. The predicted octanol–water partition coefficient (Wildman–Crippen LogP) is 2.16. The molecule has 3 nitrogen and oxygen atoms in total. The quantitative estimate of drug-likeness (QED) is 0.779. The van der Waals surface area contributed by atoms with E-state index in [0.717, 1.165) is 41.4 Å². The van der Waals surface area contributed by atoms with E-state index >= 15 is 0 Å². The maximum Gasteiger partial charge on any atom is 0.135 e. The summed E-state index contributed by atoms with van der Waals surface area (Å²) >= 11 is 5.29. The highest BCUT2D eigenvalue weighted by Crippen LogP contribution is 2.32. The molecular weight excluding hydrogens is 208 g/mol. The molecule has 0 atom stereocenters. The maximum absolute atomic E-state index is 5.38. The molecule has 1 aromatic rings. The molecule has 3 rings (SSSR count). The summed E-state index contributed by atoms with van der Waals surface area (Å²) in [4.78, 5) is 7.87.